The first kappa shape index (κ1) is 35.8. The quantitative estimate of drug-likeness (QED) is 0.0670. The molecule has 0 aliphatic rings. The van der Waals surface area contributed by atoms with E-state index in [0.717, 1.165) is 6.42 Å². The molecule has 0 aliphatic heterocycles. The fourth-order valence-electron chi connectivity index (χ4n) is 7.38. The number of benzene rings is 5. The summed E-state index contributed by atoms with van der Waals surface area (Å²) in [7, 11) is -5.52. The molecule has 0 amide bonds. The molecule has 5 aromatic carbocycles. The summed E-state index contributed by atoms with van der Waals surface area (Å²) in [5.41, 5.74) is 0. The summed E-state index contributed by atoms with van der Waals surface area (Å²) in [4.78, 5) is 0. The fourth-order valence-corrected chi connectivity index (χ4v) is 17.3. The van der Waals surface area contributed by atoms with Gasteiger partial charge in [-0.2, -0.15) is 0 Å². The largest absolute Gasteiger partial charge is 0.179 e. The number of hydrogen-bond acceptors (Lipinski definition) is 0. The van der Waals surface area contributed by atoms with E-state index in [4.69, 9.17) is 0 Å². The van der Waals surface area contributed by atoms with Crippen LogP contribution in [0.3, 0.4) is 0 Å². The smallest absolute Gasteiger partial charge is 0.0873 e. The molecule has 5 rings (SSSR count). The van der Waals surface area contributed by atoms with E-state index in [1.807, 2.05) is 0 Å². The Morgan fingerprint density at radius 3 is 1.33 bits per heavy atom. The standard InChI is InChI=1S/C47H52Si2/c1-7-40(32-21-23-38(3)4)48(42-24-13-9-14-25-42,41(8-2)36-35-39(5)6)46-33-22-34-47(37-46)49(43-26-15-10-16-27-43,44-28-17-11-18-29-44)45-30-19-12-20-31-45/h7-22,24-39H,23H2,1-6H3/b32-21-,36-35-,40-7+,41-8+. The molecule has 1 atom stereocenters. The molecule has 0 N–H and O–H groups in total. The predicted octanol–water partition coefficient (Wildman–Crippen LogP) is 8.41. The third-order valence-corrected chi connectivity index (χ3v) is 19.4. The van der Waals surface area contributed by atoms with E-state index in [2.05, 4.69) is 224 Å². The Hall–Kier alpha value is -4.51. The van der Waals surface area contributed by atoms with Gasteiger partial charge in [-0.25, -0.2) is 0 Å². The minimum absolute atomic E-state index is 0.448. The van der Waals surface area contributed by atoms with Gasteiger partial charge in [0, 0.05) is 0 Å². The van der Waals surface area contributed by atoms with Gasteiger partial charge in [0.25, 0.3) is 0 Å². The second kappa shape index (κ2) is 16.7. The molecule has 49 heavy (non-hydrogen) atoms. The molecule has 0 radical (unpaired) electrons. The van der Waals surface area contributed by atoms with E-state index in [0.29, 0.717) is 11.8 Å². The van der Waals surface area contributed by atoms with Crippen LogP contribution in [0.5, 0.6) is 0 Å². The lowest BCUT2D eigenvalue weighted by atomic mass is 10.1. The molecule has 1 unspecified atom stereocenters. The van der Waals surface area contributed by atoms with Gasteiger partial charge in [-0.15, -0.1) is 0 Å². The van der Waals surface area contributed by atoms with Gasteiger partial charge in [-0.3, -0.25) is 0 Å². The third kappa shape index (κ3) is 7.42. The Labute approximate surface area is 298 Å². The van der Waals surface area contributed by atoms with Crippen molar-refractivity contribution in [3.05, 3.63) is 192 Å². The summed E-state index contributed by atoms with van der Waals surface area (Å²) in [5, 5.41) is 11.2. The number of rotatable bonds is 13. The average Bonchev–Trinajstić information content (AvgIpc) is 3.14. The van der Waals surface area contributed by atoms with E-state index >= 15 is 0 Å². The summed E-state index contributed by atoms with van der Waals surface area (Å²) in [6.07, 6.45) is 15.5. The van der Waals surface area contributed by atoms with Gasteiger partial charge in [0.1, 0.15) is 0 Å². The predicted molar refractivity (Wildman–Crippen MR) is 222 cm³/mol. The summed E-state index contributed by atoms with van der Waals surface area (Å²) < 4.78 is 0. The maximum atomic E-state index is 2.62. The van der Waals surface area contributed by atoms with E-state index < -0.39 is 16.1 Å². The summed E-state index contributed by atoms with van der Waals surface area (Å²) in [5.74, 6) is 1.05. The van der Waals surface area contributed by atoms with Crippen molar-refractivity contribution in [3.8, 4) is 0 Å². The summed E-state index contributed by atoms with van der Waals surface area (Å²) in [6, 6.07) is 55.0. The molecule has 0 spiro atoms. The van der Waals surface area contributed by atoms with Gasteiger partial charge in [-0.1, -0.05) is 210 Å². The normalized spacial score (nSPS) is 14.2. The van der Waals surface area contributed by atoms with Crippen molar-refractivity contribution in [1.82, 2.24) is 0 Å². The Kier molecular flexibility index (Phi) is 12.2. The molecule has 0 heterocycles. The molecule has 0 saturated heterocycles. The molecule has 0 fully saturated rings. The molecular formula is C47H52Si2. The fraction of sp³-hybridized carbons (Fsp3) is 0.191. The van der Waals surface area contributed by atoms with Crippen LogP contribution in [0.15, 0.2) is 192 Å². The first-order valence-corrected chi connectivity index (χ1v) is 21.9. The molecule has 248 valence electrons. The third-order valence-electron chi connectivity index (χ3n) is 9.61. The van der Waals surface area contributed by atoms with Crippen molar-refractivity contribution in [2.45, 2.75) is 48.0 Å². The maximum Gasteiger partial charge on any atom is 0.179 e. The number of hydrogen-bond donors (Lipinski definition) is 0. The van der Waals surface area contributed by atoms with Gasteiger partial charge in [-0.05, 0) is 73.6 Å². The van der Waals surface area contributed by atoms with Crippen molar-refractivity contribution in [2.75, 3.05) is 0 Å². The van der Waals surface area contributed by atoms with Crippen LogP contribution in [0.1, 0.15) is 48.0 Å². The van der Waals surface area contributed by atoms with Crippen molar-refractivity contribution in [3.63, 3.8) is 0 Å². The average molecular weight is 673 g/mol. The van der Waals surface area contributed by atoms with E-state index in [1.165, 1.54) is 41.5 Å². The lowest BCUT2D eigenvalue weighted by Gasteiger charge is -2.39. The Morgan fingerprint density at radius 1 is 0.490 bits per heavy atom. The molecule has 0 saturated carbocycles. The molecule has 0 nitrogen and oxygen atoms in total. The highest BCUT2D eigenvalue weighted by atomic mass is 28.3. The Balaban J connectivity index is 1.94. The Bertz CT molecular complexity index is 1790. The monoisotopic (exact) mass is 672 g/mol. The lowest BCUT2D eigenvalue weighted by Crippen LogP contribution is -2.75. The molecule has 0 aromatic heterocycles. The van der Waals surface area contributed by atoms with Crippen LogP contribution in [0.2, 0.25) is 0 Å². The van der Waals surface area contributed by atoms with Crippen molar-refractivity contribution in [2.24, 2.45) is 11.8 Å². The minimum atomic E-state index is -2.79. The van der Waals surface area contributed by atoms with Gasteiger partial charge < -0.3 is 0 Å². The molecule has 5 aromatic rings. The molecule has 0 bridgehead atoms. The molecule has 0 aliphatic carbocycles. The highest BCUT2D eigenvalue weighted by molar-refractivity contribution is 7.20. The van der Waals surface area contributed by atoms with Crippen LogP contribution >= 0.6 is 0 Å². The van der Waals surface area contributed by atoms with E-state index in [-0.39, 0.29) is 0 Å². The minimum Gasteiger partial charge on any atom is -0.0873 e. The van der Waals surface area contributed by atoms with Crippen molar-refractivity contribution >= 4 is 47.3 Å². The number of allylic oxidation sites excluding steroid dienone is 8. The Morgan fingerprint density at radius 2 is 0.898 bits per heavy atom. The van der Waals surface area contributed by atoms with Crippen LogP contribution in [0.25, 0.3) is 0 Å². The molecule has 2 heteroatoms. The second-order valence-electron chi connectivity index (χ2n) is 13.7. The first-order chi connectivity index (χ1) is 23.9. The van der Waals surface area contributed by atoms with Gasteiger partial charge in [0.2, 0.25) is 0 Å². The zero-order valence-electron chi connectivity index (χ0n) is 30.2. The second-order valence-corrected chi connectivity index (χ2v) is 21.3. The van der Waals surface area contributed by atoms with Gasteiger partial charge >= 0.3 is 0 Å². The van der Waals surface area contributed by atoms with Gasteiger partial charge in [0.15, 0.2) is 16.1 Å². The summed E-state index contributed by atoms with van der Waals surface area (Å²) in [6.45, 7) is 13.6. The maximum absolute atomic E-state index is 2.79. The van der Waals surface area contributed by atoms with Crippen molar-refractivity contribution in [1.29, 1.82) is 0 Å². The van der Waals surface area contributed by atoms with Crippen LogP contribution in [0, 0.1) is 11.8 Å². The lowest BCUT2D eigenvalue weighted by molar-refractivity contribution is 0.664. The van der Waals surface area contributed by atoms with Gasteiger partial charge in [0.05, 0.1) is 0 Å². The molecular weight excluding hydrogens is 621 g/mol. The zero-order chi connectivity index (χ0) is 34.7. The highest BCUT2D eigenvalue weighted by Gasteiger charge is 2.45. The van der Waals surface area contributed by atoms with Crippen LogP contribution < -0.4 is 31.1 Å². The first-order valence-electron chi connectivity index (χ1n) is 17.9. The highest BCUT2D eigenvalue weighted by Crippen LogP contribution is 2.28. The van der Waals surface area contributed by atoms with Crippen LogP contribution in [-0.4, -0.2) is 16.1 Å². The van der Waals surface area contributed by atoms with Crippen molar-refractivity contribution < 1.29 is 0 Å². The zero-order valence-corrected chi connectivity index (χ0v) is 32.2. The topological polar surface area (TPSA) is 0 Å². The SMILES string of the molecule is C/C=C(\C=C/CC(C)C)[Si](C(/C=C\C(C)C)=C/C)(c1ccccc1)c1cccc([Si](c2ccccc2)(c2ccccc2)c2ccccc2)c1. The van der Waals surface area contributed by atoms with E-state index in [1.54, 1.807) is 0 Å². The van der Waals surface area contributed by atoms with Crippen LogP contribution in [-0.2, 0) is 0 Å². The summed E-state index contributed by atoms with van der Waals surface area (Å²) >= 11 is 0. The van der Waals surface area contributed by atoms with E-state index in [9.17, 15) is 0 Å². The van der Waals surface area contributed by atoms with Crippen LogP contribution in [0.4, 0.5) is 0 Å².